The summed E-state index contributed by atoms with van der Waals surface area (Å²) < 4.78 is 0. The Kier molecular flexibility index (Phi) is 5.73. The molecule has 1 saturated heterocycles. The van der Waals surface area contributed by atoms with Gasteiger partial charge in [0, 0.05) is 32.7 Å². The zero-order valence-corrected chi connectivity index (χ0v) is 16.3. The van der Waals surface area contributed by atoms with E-state index in [0.29, 0.717) is 18.7 Å². The maximum atomic E-state index is 12.5. The second-order valence-electron chi connectivity index (χ2n) is 7.31. The highest BCUT2D eigenvalue weighted by Crippen LogP contribution is 2.21. The fraction of sp³-hybridized carbons (Fsp3) is 0.250. The predicted octanol–water partition coefficient (Wildman–Crippen LogP) is 3.15. The number of fused-ring (bicyclic) bond motifs is 1. The number of piperazine rings is 1. The van der Waals surface area contributed by atoms with Gasteiger partial charge < -0.3 is 10.2 Å². The van der Waals surface area contributed by atoms with E-state index >= 15 is 0 Å². The van der Waals surface area contributed by atoms with Crippen LogP contribution in [0.1, 0.15) is 11.1 Å². The van der Waals surface area contributed by atoms with Crippen LogP contribution in [0.4, 0.5) is 5.69 Å². The number of nitrogens with zero attached hydrogens (tertiary/aromatic N) is 3. The van der Waals surface area contributed by atoms with Crippen LogP contribution in [-0.4, -0.2) is 43.5 Å². The van der Waals surface area contributed by atoms with E-state index in [-0.39, 0.29) is 5.91 Å². The SMILES string of the molecule is N#Cc1ccccc1N1CCN(CC(=O)NCc2cccc3ccccc23)CC1. The third kappa shape index (κ3) is 4.39. The van der Waals surface area contributed by atoms with Crippen molar-refractivity contribution in [2.45, 2.75) is 6.54 Å². The number of amides is 1. The van der Waals surface area contributed by atoms with Crippen LogP contribution in [0.15, 0.2) is 66.7 Å². The summed E-state index contributed by atoms with van der Waals surface area (Å²) in [5, 5.41) is 14.7. The zero-order chi connectivity index (χ0) is 20.1. The summed E-state index contributed by atoms with van der Waals surface area (Å²) in [6.45, 7) is 4.18. The van der Waals surface area contributed by atoms with E-state index in [4.69, 9.17) is 0 Å². The molecule has 0 unspecified atom stereocenters. The molecule has 0 bridgehead atoms. The minimum Gasteiger partial charge on any atom is -0.368 e. The summed E-state index contributed by atoms with van der Waals surface area (Å²) in [4.78, 5) is 16.9. The number of nitrogens with one attached hydrogen (secondary N) is 1. The average Bonchev–Trinajstić information content (AvgIpc) is 2.78. The monoisotopic (exact) mass is 384 g/mol. The molecule has 0 aliphatic carbocycles. The fourth-order valence-corrected chi connectivity index (χ4v) is 3.89. The molecule has 1 heterocycles. The summed E-state index contributed by atoms with van der Waals surface area (Å²) >= 11 is 0. The lowest BCUT2D eigenvalue weighted by atomic mass is 10.0. The Labute approximate surface area is 171 Å². The van der Waals surface area contributed by atoms with E-state index < -0.39 is 0 Å². The van der Waals surface area contributed by atoms with Gasteiger partial charge in [-0.15, -0.1) is 0 Å². The van der Waals surface area contributed by atoms with E-state index in [1.165, 1.54) is 10.8 Å². The quantitative estimate of drug-likeness (QED) is 0.734. The van der Waals surface area contributed by atoms with E-state index in [1.807, 2.05) is 42.5 Å². The lowest BCUT2D eigenvalue weighted by Gasteiger charge is -2.36. The van der Waals surface area contributed by atoms with Crippen LogP contribution in [0.5, 0.6) is 0 Å². The standard InChI is InChI=1S/C24H24N4O/c25-16-20-7-2-4-11-23(20)28-14-12-27(13-15-28)18-24(29)26-17-21-9-5-8-19-6-1-3-10-22(19)21/h1-11H,12-15,17-18H2,(H,26,29). The van der Waals surface area contributed by atoms with Gasteiger partial charge in [-0.25, -0.2) is 0 Å². The maximum absolute atomic E-state index is 12.5. The number of carbonyl (C=O) groups excluding carboxylic acids is 1. The average molecular weight is 384 g/mol. The summed E-state index contributed by atoms with van der Waals surface area (Å²) in [6, 6.07) is 24.4. The first-order valence-electron chi connectivity index (χ1n) is 9.94. The molecule has 146 valence electrons. The van der Waals surface area contributed by atoms with Crippen LogP contribution in [0.2, 0.25) is 0 Å². The molecule has 1 fully saturated rings. The summed E-state index contributed by atoms with van der Waals surface area (Å²) in [6.07, 6.45) is 0. The van der Waals surface area contributed by atoms with Gasteiger partial charge in [0.05, 0.1) is 17.8 Å². The predicted molar refractivity (Wildman–Crippen MR) is 116 cm³/mol. The summed E-state index contributed by atoms with van der Waals surface area (Å²) in [5.74, 6) is 0.0452. The van der Waals surface area contributed by atoms with Crippen LogP contribution < -0.4 is 10.2 Å². The Balaban J connectivity index is 1.29. The third-order valence-corrected chi connectivity index (χ3v) is 5.46. The number of para-hydroxylation sites is 1. The highest BCUT2D eigenvalue weighted by atomic mass is 16.2. The zero-order valence-electron chi connectivity index (χ0n) is 16.3. The van der Waals surface area contributed by atoms with Crippen LogP contribution in [0, 0.1) is 11.3 Å². The molecular weight excluding hydrogens is 360 g/mol. The molecule has 29 heavy (non-hydrogen) atoms. The molecule has 0 radical (unpaired) electrons. The Morgan fingerprint density at radius 2 is 1.66 bits per heavy atom. The molecule has 3 aromatic carbocycles. The molecule has 5 nitrogen and oxygen atoms in total. The number of hydrogen-bond donors (Lipinski definition) is 1. The van der Waals surface area contributed by atoms with Crippen molar-refractivity contribution in [3.63, 3.8) is 0 Å². The molecule has 5 heteroatoms. The number of rotatable bonds is 5. The van der Waals surface area contributed by atoms with Gasteiger partial charge >= 0.3 is 0 Å². The van der Waals surface area contributed by atoms with Gasteiger partial charge in [0.2, 0.25) is 5.91 Å². The topological polar surface area (TPSA) is 59.4 Å². The van der Waals surface area contributed by atoms with Crippen molar-refractivity contribution < 1.29 is 4.79 Å². The van der Waals surface area contributed by atoms with Gasteiger partial charge in [0.15, 0.2) is 0 Å². The molecule has 1 N–H and O–H groups in total. The normalized spacial score (nSPS) is 14.5. The van der Waals surface area contributed by atoms with E-state index in [1.54, 1.807) is 0 Å². The largest absolute Gasteiger partial charge is 0.368 e. The molecule has 0 saturated carbocycles. The lowest BCUT2D eigenvalue weighted by Crippen LogP contribution is -2.49. The van der Waals surface area contributed by atoms with E-state index in [9.17, 15) is 10.1 Å². The first kappa shape index (κ1) is 19.0. The lowest BCUT2D eigenvalue weighted by molar-refractivity contribution is -0.122. The maximum Gasteiger partial charge on any atom is 0.234 e. The van der Waals surface area contributed by atoms with E-state index in [2.05, 4.69) is 45.5 Å². The number of anilines is 1. The molecule has 0 atom stereocenters. The smallest absolute Gasteiger partial charge is 0.234 e. The molecule has 3 aromatic rings. The van der Waals surface area contributed by atoms with Crippen LogP contribution in [0.3, 0.4) is 0 Å². The van der Waals surface area contributed by atoms with Crippen LogP contribution in [0.25, 0.3) is 10.8 Å². The van der Waals surface area contributed by atoms with Gasteiger partial charge in [-0.3, -0.25) is 9.69 Å². The van der Waals surface area contributed by atoms with Gasteiger partial charge in [-0.1, -0.05) is 54.6 Å². The molecule has 1 aliphatic heterocycles. The third-order valence-electron chi connectivity index (χ3n) is 5.46. The molecule has 0 aromatic heterocycles. The van der Waals surface area contributed by atoms with Crippen molar-refractivity contribution in [2.24, 2.45) is 0 Å². The van der Waals surface area contributed by atoms with Gasteiger partial charge in [0.25, 0.3) is 0 Å². The summed E-state index contributed by atoms with van der Waals surface area (Å²) in [7, 11) is 0. The van der Waals surface area contributed by atoms with Gasteiger partial charge in [-0.2, -0.15) is 5.26 Å². The molecule has 1 amide bonds. The minimum absolute atomic E-state index is 0.0452. The second kappa shape index (κ2) is 8.76. The molecule has 0 spiro atoms. The van der Waals surface area contributed by atoms with Gasteiger partial charge in [0.1, 0.15) is 6.07 Å². The Hall–Kier alpha value is -3.36. The summed E-state index contributed by atoms with van der Waals surface area (Å²) in [5.41, 5.74) is 2.82. The first-order chi connectivity index (χ1) is 14.2. The molecular formula is C24H24N4O. The number of hydrogen-bond acceptors (Lipinski definition) is 4. The van der Waals surface area contributed by atoms with Crippen molar-refractivity contribution in [1.82, 2.24) is 10.2 Å². The van der Waals surface area contributed by atoms with Crippen LogP contribution >= 0.6 is 0 Å². The Morgan fingerprint density at radius 1 is 0.931 bits per heavy atom. The second-order valence-corrected chi connectivity index (χ2v) is 7.31. The molecule has 4 rings (SSSR count). The van der Waals surface area contributed by atoms with Crippen molar-refractivity contribution in [2.75, 3.05) is 37.6 Å². The van der Waals surface area contributed by atoms with Crippen molar-refractivity contribution in [3.05, 3.63) is 77.9 Å². The van der Waals surface area contributed by atoms with Crippen molar-refractivity contribution in [1.29, 1.82) is 5.26 Å². The molecule has 1 aliphatic rings. The van der Waals surface area contributed by atoms with E-state index in [0.717, 1.165) is 37.4 Å². The minimum atomic E-state index is 0.0452. The highest BCUT2D eigenvalue weighted by molar-refractivity contribution is 5.86. The highest BCUT2D eigenvalue weighted by Gasteiger charge is 2.20. The first-order valence-corrected chi connectivity index (χ1v) is 9.94. The van der Waals surface area contributed by atoms with Crippen LogP contribution in [-0.2, 0) is 11.3 Å². The van der Waals surface area contributed by atoms with Crippen molar-refractivity contribution >= 4 is 22.4 Å². The number of nitriles is 1. The van der Waals surface area contributed by atoms with Gasteiger partial charge in [-0.05, 0) is 28.5 Å². The van der Waals surface area contributed by atoms with Crippen molar-refractivity contribution in [3.8, 4) is 6.07 Å². The Bertz CT molecular complexity index is 1040. The fourth-order valence-electron chi connectivity index (χ4n) is 3.89. The number of carbonyl (C=O) groups is 1. The Morgan fingerprint density at radius 3 is 2.48 bits per heavy atom. The number of benzene rings is 3.